The van der Waals surface area contributed by atoms with Crippen LogP contribution in [0.2, 0.25) is 0 Å². The van der Waals surface area contributed by atoms with E-state index in [1.165, 1.54) is 17.8 Å². The first-order valence-corrected chi connectivity index (χ1v) is 7.72. The molecule has 2 aromatic heterocycles. The Kier molecular flexibility index (Phi) is 3.64. The minimum Gasteiger partial charge on any atom is -0.314 e. The van der Waals surface area contributed by atoms with Gasteiger partial charge in [0.25, 0.3) is 5.82 Å². The van der Waals surface area contributed by atoms with Crippen molar-refractivity contribution in [2.75, 3.05) is 7.05 Å². The number of aromatic nitrogens is 4. The maximum atomic E-state index is 12.8. The van der Waals surface area contributed by atoms with Crippen LogP contribution in [0.25, 0.3) is 4.96 Å². The van der Waals surface area contributed by atoms with Gasteiger partial charge in [0.2, 0.25) is 4.96 Å². The lowest BCUT2D eigenvalue weighted by Gasteiger charge is -2.36. The third-order valence-corrected chi connectivity index (χ3v) is 5.02. The molecule has 3 rings (SSSR count). The van der Waals surface area contributed by atoms with Gasteiger partial charge in [-0.1, -0.05) is 30.6 Å². The summed E-state index contributed by atoms with van der Waals surface area (Å²) in [4.78, 5) is 0.194. The molecule has 1 N–H and O–H groups in total. The first-order chi connectivity index (χ1) is 9.93. The lowest BCUT2D eigenvalue weighted by molar-refractivity contribution is -0.146. The maximum Gasteiger partial charge on any atom is 0.453 e. The molecule has 1 fully saturated rings. The monoisotopic (exact) mass is 319 g/mol. The van der Waals surface area contributed by atoms with Gasteiger partial charge in [-0.2, -0.15) is 22.8 Å². The Labute approximate surface area is 123 Å². The minimum atomic E-state index is -4.53. The topological polar surface area (TPSA) is 55.1 Å². The minimum absolute atomic E-state index is 0.0556. The van der Waals surface area contributed by atoms with E-state index in [2.05, 4.69) is 20.6 Å². The highest BCUT2D eigenvalue weighted by atomic mass is 32.1. The van der Waals surface area contributed by atoms with Crippen LogP contribution in [-0.4, -0.2) is 32.4 Å². The van der Waals surface area contributed by atoms with Crippen molar-refractivity contribution < 1.29 is 13.2 Å². The van der Waals surface area contributed by atoms with Crippen molar-refractivity contribution in [3.05, 3.63) is 10.8 Å². The molecule has 0 bridgehead atoms. The molecule has 2 aromatic rings. The Balaban J connectivity index is 1.89. The van der Waals surface area contributed by atoms with Crippen LogP contribution in [0, 0.1) is 0 Å². The standard InChI is InChI=1S/C12H16F3N5S/c1-16-11(5-3-2-4-6-11)7-8-19-20-9(12(13,14)15)17-18-10(20)21-8/h16H,2-7H2,1H3. The van der Waals surface area contributed by atoms with Gasteiger partial charge < -0.3 is 5.32 Å². The Morgan fingerprint density at radius 2 is 1.95 bits per heavy atom. The molecular formula is C12H16F3N5S. The largest absolute Gasteiger partial charge is 0.453 e. The zero-order valence-electron chi connectivity index (χ0n) is 11.6. The molecule has 0 amide bonds. The summed E-state index contributed by atoms with van der Waals surface area (Å²) in [7, 11) is 1.91. The highest BCUT2D eigenvalue weighted by Crippen LogP contribution is 2.33. The van der Waals surface area contributed by atoms with Gasteiger partial charge in [0.1, 0.15) is 5.01 Å². The average Bonchev–Trinajstić information content (AvgIpc) is 2.98. The maximum absolute atomic E-state index is 12.8. The van der Waals surface area contributed by atoms with Crippen molar-refractivity contribution in [3.8, 4) is 0 Å². The molecule has 2 heterocycles. The van der Waals surface area contributed by atoms with E-state index >= 15 is 0 Å². The number of nitrogens with zero attached hydrogens (tertiary/aromatic N) is 4. The SMILES string of the molecule is CNC1(Cc2nn3c(C(F)(F)F)nnc3s2)CCCCC1. The summed E-state index contributed by atoms with van der Waals surface area (Å²) >= 11 is 1.18. The van der Waals surface area contributed by atoms with Crippen molar-refractivity contribution >= 4 is 16.3 Å². The van der Waals surface area contributed by atoms with Crippen LogP contribution in [0.15, 0.2) is 0 Å². The van der Waals surface area contributed by atoms with Crippen LogP contribution in [0.4, 0.5) is 13.2 Å². The molecule has 9 heteroatoms. The quantitative estimate of drug-likeness (QED) is 0.945. The second-order valence-electron chi connectivity index (χ2n) is 5.48. The summed E-state index contributed by atoms with van der Waals surface area (Å²) in [6.45, 7) is 0. The molecular weight excluding hydrogens is 303 g/mol. The molecule has 116 valence electrons. The molecule has 0 saturated heterocycles. The van der Waals surface area contributed by atoms with Crippen LogP contribution in [0.3, 0.4) is 0 Å². The van der Waals surface area contributed by atoms with E-state index in [1.807, 2.05) is 7.05 Å². The highest BCUT2D eigenvalue weighted by molar-refractivity contribution is 7.16. The molecule has 0 radical (unpaired) electrons. The smallest absolute Gasteiger partial charge is 0.314 e. The molecule has 0 spiro atoms. The van der Waals surface area contributed by atoms with Crippen LogP contribution in [-0.2, 0) is 12.6 Å². The summed E-state index contributed by atoms with van der Waals surface area (Å²) in [6, 6.07) is 0. The zero-order chi connectivity index (χ0) is 15.1. The first-order valence-electron chi connectivity index (χ1n) is 6.91. The summed E-state index contributed by atoms with van der Waals surface area (Å²) in [6.07, 6.45) is 1.64. The number of hydrogen-bond acceptors (Lipinski definition) is 5. The van der Waals surface area contributed by atoms with Gasteiger partial charge in [-0.3, -0.25) is 0 Å². The zero-order valence-corrected chi connectivity index (χ0v) is 12.4. The molecule has 5 nitrogen and oxygen atoms in total. The van der Waals surface area contributed by atoms with Gasteiger partial charge in [0.15, 0.2) is 0 Å². The number of halogens is 3. The predicted octanol–water partition coefficient (Wildman–Crippen LogP) is 2.67. The van der Waals surface area contributed by atoms with Gasteiger partial charge in [-0.15, -0.1) is 10.2 Å². The second-order valence-corrected chi connectivity index (χ2v) is 6.52. The normalized spacial score (nSPS) is 19.2. The molecule has 0 unspecified atom stereocenters. The van der Waals surface area contributed by atoms with E-state index in [-0.39, 0.29) is 10.5 Å². The lowest BCUT2D eigenvalue weighted by atomic mass is 9.79. The number of alkyl halides is 3. The third-order valence-electron chi connectivity index (χ3n) is 4.12. The van der Waals surface area contributed by atoms with Crippen LogP contribution >= 0.6 is 11.3 Å². The van der Waals surface area contributed by atoms with Gasteiger partial charge in [0.05, 0.1) is 0 Å². The van der Waals surface area contributed by atoms with Crippen LogP contribution < -0.4 is 5.32 Å². The van der Waals surface area contributed by atoms with E-state index in [0.717, 1.165) is 30.2 Å². The predicted molar refractivity (Wildman–Crippen MR) is 72.2 cm³/mol. The Morgan fingerprint density at radius 3 is 2.57 bits per heavy atom. The Hall–Kier alpha value is -1.22. The van der Waals surface area contributed by atoms with E-state index < -0.39 is 12.0 Å². The number of rotatable bonds is 3. The molecule has 1 saturated carbocycles. The number of fused-ring (bicyclic) bond motifs is 1. The average molecular weight is 319 g/mol. The molecule has 21 heavy (non-hydrogen) atoms. The molecule has 0 aromatic carbocycles. The molecule has 1 aliphatic carbocycles. The highest BCUT2D eigenvalue weighted by Gasteiger charge is 2.39. The van der Waals surface area contributed by atoms with Crippen molar-refractivity contribution in [2.45, 2.75) is 50.2 Å². The molecule has 0 atom stereocenters. The fourth-order valence-electron chi connectivity index (χ4n) is 2.94. The van der Waals surface area contributed by atoms with Crippen molar-refractivity contribution in [3.63, 3.8) is 0 Å². The summed E-state index contributed by atoms with van der Waals surface area (Å²) in [5, 5.41) is 14.8. The van der Waals surface area contributed by atoms with Crippen molar-refractivity contribution in [2.24, 2.45) is 0 Å². The van der Waals surface area contributed by atoms with E-state index in [1.54, 1.807) is 0 Å². The summed E-state index contributed by atoms with van der Waals surface area (Å²) in [5.41, 5.74) is -0.0556. The first kappa shape index (κ1) is 14.7. The van der Waals surface area contributed by atoms with Gasteiger partial charge in [-0.25, -0.2) is 0 Å². The van der Waals surface area contributed by atoms with E-state index in [4.69, 9.17) is 0 Å². The number of hydrogen-bond donors (Lipinski definition) is 1. The van der Waals surface area contributed by atoms with Gasteiger partial charge >= 0.3 is 6.18 Å². The van der Waals surface area contributed by atoms with Crippen molar-refractivity contribution in [1.82, 2.24) is 25.1 Å². The van der Waals surface area contributed by atoms with Crippen LogP contribution in [0.1, 0.15) is 42.9 Å². The molecule has 1 aliphatic rings. The third kappa shape index (κ3) is 2.76. The second kappa shape index (κ2) is 5.20. The fraction of sp³-hybridized carbons (Fsp3) is 0.750. The summed E-state index contributed by atoms with van der Waals surface area (Å²) in [5.74, 6) is -1.05. The number of likely N-dealkylation sites (N-methyl/N-ethyl adjacent to an activating group) is 1. The van der Waals surface area contributed by atoms with E-state index in [9.17, 15) is 13.2 Å². The number of nitrogens with one attached hydrogen (secondary N) is 1. The van der Waals surface area contributed by atoms with Gasteiger partial charge in [-0.05, 0) is 19.9 Å². The van der Waals surface area contributed by atoms with Crippen LogP contribution in [0.5, 0.6) is 0 Å². The fourth-order valence-corrected chi connectivity index (χ4v) is 3.92. The Bertz CT molecular complexity index is 626. The summed E-state index contributed by atoms with van der Waals surface area (Å²) < 4.78 is 39.2. The van der Waals surface area contributed by atoms with Crippen molar-refractivity contribution in [1.29, 1.82) is 0 Å². The van der Waals surface area contributed by atoms with E-state index in [0.29, 0.717) is 11.4 Å². The lowest BCUT2D eigenvalue weighted by Crippen LogP contribution is -2.46. The molecule has 0 aliphatic heterocycles. The Morgan fingerprint density at radius 1 is 1.24 bits per heavy atom. The van der Waals surface area contributed by atoms with Gasteiger partial charge in [0, 0.05) is 12.0 Å².